The third-order valence-corrected chi connectivity index (χ3v) is 6.32. The summed E-state index contributed by atoms with van der Waals surface area (Å²) in [5, 5.41) is 6.78. The van der Waals surface area contributed by atoms with E-state index < -0.39 is 27.3 Å². The van der Waals surface area contributed by atoms with Crippen molar-refractivity contribution in [1.82, 2.24) is 19.7 Å². The van der Waals surface area contributed by atoms with E-state index in [-0.39, 0.29) is 17.3 Å². The number of rotatable bonds is 7. The summed E-state index contributed by atoms with van der Waals surface area (Å²) in [5.74, 6) is -0.359. The number of hydrogen-bond acceptors (Lipinski definition) is 7. The highest BCUT2D eigenvalue weighted by molar-refractivity contribution is 7.92. The molecule has 4 rings (SSSR count). The van der Waals surface area contributed by atoms with Crippen LogP contribution in [0.1, 0.15) is 11.5 Å². The molecule has 0 fully saturated rings. The maximum absolute atomic E-state index is 13.2. The van der Waals surface area contributed by atoms with Gasteiger partial charge in [0.2, 0.25) is 5.91 Å². The average Bonchev–Trinajstić information content (AvgIpc) is 2.80. The molecule has 36 heavy (non-hydrogen) atoms. The number of nitrogens with zero attached hydrogens (tertiary/aromatic N) is 4. The van der Waals surface area contributed by atoms with E-state index >= 15 is 0 Å². The molecule has 0 aliphatic rings. The number of aromatic nitrogens is 4. The van der Waals surface area contributed by atoms with Gasteiger partial charge in [0.1, 0.15) is 24.0 Å². The molecule has 0 radical (unpaired) electrons. The Bertz CT molecular complexity index is 1570. The molecular formula is C24H21FN6O4S. The van der Waals surface area contributed by atoms with Crippen LogP contribution in [-0.2, 0) is 21.4 Å². The van der Waals surface area contributed by atoms with E-state index in [1.807, 2.05) is 0 Å². The maximum Gasteiger partial charge on any atom is 0.267 e. The first kappa shape index (κ1) is 24.7. The van der Waals surface area contributed by atoms with Gasteiger partial charge < -0.3 is 5.32 Å². The second kappa shape index (κ2) is 10.0. The number of anilines is 2. The summed E-state index contributed by atoms with van der Waals surface area (Å²) < 4.78 is 41.9. The predicted octanol–water partition coefficient (Wildman–Crippen LogP) is 2.90. The quantitative estimate of drug-likeness (QED) is 0.392. The lowest BCUT2D eigenvalue weighted by molar-refractivity contribution is -0.117. The second-order valence-corrected chi connectivity index (χ2v) is 9.52. The Balaban J connectivity index is 1.44. The van der Waals surface area contributed by atoms with Gasteiger partial charge in [0.05, 0.1) is 10.6 Å². The zero-order chi connectivity index (χ0) is 25.9. The zero-order valence-electron chi connectivity index (χ0n) is 19.3. The van der Waals surface area contributed by atoms with Crippen LogP contribution in [0.5, 0.6) is 0 Å². The van der Waals surface area contributed by atoms with Gasteiger partial charge in [0.25, 0.3) is 15.6 Å². The lowest BCUT2D eigenvalue weighted by Crippen LogP contribution is -2.29. The van der Waals surface area contributed by atoms with Gasteiger partial charge in [-0.1, -0.05) is 0 Å². The highest BCUT2D eigenvalue weighted by atomic mass is 32.2. The number of amides is 1. The number of aryl methyl sites for hydroxylation is 2. The number of carbonyl (C=O) groups is 1. The molecule has 1 amide bonds. The topological polar surface area (TPSA) is 136 Å². The number of carbonyl (C=O) groups excluding carboxylic acids is 1. The number of sulfonamides is 1. The largest absolute Gasteiger partial charge is 0.324 e. The molecule has 184 valence electrons. The molecule has 0 aliphatic heterocycles. The molecule has 0 unspecified atom stereocenters. The maximum atomic E-state index is 13.2. The lowest BCUT2D eigenvalue weighted by Gasteiger charge is -2.10. The fourth-order valence-corrected chi connectivity index (χ4v) is 4.35. The summed E-state index contributed by atoms with van der Waals surface area (Å²) in [4.78, 5) is 32.8. The van der Waals surface area contributed by atoms with Gasteiger partial charge in [0, 0.05) is 29.1 Å². The molecule has 2 aromatic heterocycles. The first-order chi connectivity index (χ1) is 17.1. The van der Waals surface area contributed by atoms with Crippen LogP contribution in [-0.4, -0.2) is 34.1 Å². The van der Waals surface area contributed by atoms with Crippen LogP contribution in [0.2, 0.25) is 0 Å². The Morgan fingerprint density at radius 1 is 0.972 bits per heavy atom. The summed E-state index contributed by atoms with van der Waals surface area (Å²) >= 11 is 0. The van der Waals surface area contributed by atoms with Crippen LogP contribution >= 0.6 is 0 Å². The third-order valence-electron chi connectivity index (χ3n) is 4.95. The zero-order valence-corrected chi connectivity index (χ0v) is 20.1. The molecule has 0 bridgehead atoms. The molecule has 10 nitrogen and oxygen atoms in total. The van der Waals surface area contributed by atoms with Crippen LogP contribution in [0.15, 0.2) is 76.4 Å². The number of hydrogen-bond donors (Lipinski definition) is 2. The average molecular weight is 509 g/mol. The number of benzene rings is 2. The molecule has 2 aromatic carbocycles. The molecule has 0 atom stereocenters. The Morgan fingerprint density at radius 2 is 1.67 bits per heavy atom. The van der Waals surface area contributed by atoms with Crippen LogP contribution in [0.25, 0.3) is 11.3 Å². The summed E-state index contributed by atoms with van der Waals surface area (Å²) in [6.07, 6.45) is 0. The summed E-state index contributed by atoms with van der Waals surface area (Å²) in [5.41, 5.74) is 1.45. The molecule has 4 aromatic rings. The Morgan fingerprint density at radius 3 is 2.33 bits per heavy atom. The fourth-order valence-electron chi connectivity index (χ4n) is 3.36. The van der Waals surface area contributed by atoms with E-state index in [1.165, 1.54) is 66.7 Å². The first-order valence-electron chi connectivity index (χ1n) is 10.7. The van der Waals surface area contributed by atoms with E-state index in [0.717, 1.165) is 4.68 Å². The molecule has 0 aliphatic carbocycles. The van der Waals surface area contributed by atoms with E-state index in [0.29, 0.717) is 28.5 Å². The van der Waals surface area contributed by atoms with E-state index in [4.69, 9.17) is 0 Å². The van der Waals surface area contributed by atoms with Crippen LogP contribution in [0.3, 0.4) is 0 Å². The van der Waals surface area contributed by atoms with E-state index in [9.17, 15) is 22.4 Å². The van der Waals surface area contributed by atoms with Crippen LogP contribution in [0.4, 0.5) is 15.9 Å². The van der Waals surface area contributed by atoms with E-state index in [1.54, 1.807) is 13.8 Å². The SMILES string of the molecule is Cc1cc(NS(=O)(=O)c2ccc(NC(=O)Cn3nc(-c4ccc(F)cc4)ccc3=O)cc2)nc(C)n1. The van der Waals surface area contributed by atoms with Gasteiger partial charge in [-0.15, -0.1) is 0 Å². The summed E-state index contributed by atoms with van der Waals surface area (Å²) in [7, 11) is -3.91. The van der Waals surface area contributed by atoms with E-state index in [2.05, 4.69) is 25.1 Å². The van der Waals surface area contributed by atoms with Crippen LogP contribution in [0, 0.1) is 19.7 Å². The van der Waals surface area contributed by atoms with Crippen molar-refractivity contribution < 1.29 is 17.6 Å². The van der Waals surface area contributed by atoms with Gasteiger partial charge in [-0.2, -0.15) is 5.10 Å². The first-order valence-corrected chi connectivity index (χ1v) is 12.2. The highest BCUT2D eigenvalue weighted by Crippen LogP contribution is 2.18. The smallest absolute Gasteiger partial charge is 0.267 e. The van der Waals surface area contributed by atoms with Gasteiger partial charge in [0.15, 0.2) is 0 Å². The monoisotopic (exact) mass is 508 g/mol. The van der Waals surface area contributed by atoms with Crippen molar-refractivity contribution in [3.8, 4) is 11.3 Å². The minimum absolute atomic E-state index is 0.0284. The van der Waals surface area contributed by atoms with Gasteiger partial charge in [-0.05, 0) is 68.4 Å². The van der Waals surface area contributed by atoms with Crippen molar-refractivity contribution >= 4 is 27.4 Å². The molecule has 0 spiro atoms. The molecule has 0 saturated heterocycles. The third kappa shape index (κ3) is 5.96. The highest BCUT2D eigenvalue weighted by Gasteiger charge is 2.16. The van der Waals surface area contributed by atoms with Crippen LogP contribution < -0.4 is 15.6 Å². The minimum atomic E-state index is -3.91. The van der Waals surface area contributed by atoms with Gasteiger partial charge in [-0.25, -0.2) is 27.5 Å². The minimum Gasteiger partial charge on any atom is -0.324 e. The second-order valence-electron chi connectivity index (χ2n) is 7.84. The van der Waals surface area contributed by atoms with Gasteiger partial charge >= 0.3 is 0 Å². The Labute approximate surface area is 205 Å². The molecular weight excluding hydrogens is 487 g/mol. The van der Waals surface area contributed by atoms with Crippen molar-refractivity contribution in [3.05, 3.63) is 94.4 Å². The molecule has 0 saturated carbocycles. The summed E-state index contributed by atoms with van der Waals surface area (Å²) in [6.45, 7) is 3.01. The normalized spacial score (nSPS) is 11.2. The standard InChI is InChI=1S/C24H21FN6O4S/c1-15-13-22(27-16(2)26-15)30-36(34,35)20-9-7-19(8-10-20)28-23(32)14-31-24(33)12-11-21(29-31)17-3-5-18(25)6-4-17/h3-13H,14H2,1-2H3,(H,28,32)(H,26,27,30). The van der Waals surface area contributed by atoms with Crippen molar-refractivity contribution in [1.29, 1.82) is 0 Å². The lowest BCUT2D eigenvalue weighted by atomic mass is 10.1. The Hall–Kier alpha value is -4.45. The Kier molecular flexibility index (Phi) is 6.88. The molecule has 2 heterocycles. The molecule has 12 heteroatoms. The predicted molar refractivity (Wildman–Crippen MR) is 131 cm³/mol. The van der Waals surface area contributed by atoms with Crippen molar-refractivity contribution in [2.75, 3.05) is 10.0 Å². The van der Waals surface area contributed by atoms with Gasteiger partial charge in [-0.3, -0.25) is 14.3 Å². The van der Waals surface area contributed by atoms with Crippen molar-refractivity contribution in [2.45, 2.75) is 25.3 Å². The summed E-state index contributed by atoms with van der Waals surface area (Å²) in [6, 6.07) is 15.4. The number of halogens is 1. The number of nitrogens with one attached hydrogen (secondary N) is 2. The fraction of sp³-hybridized carbons (Fsp3) is 0.125. The van der Waals surface area contributed by atoms with Crippen molar-refractivity contribution in [3.63, 3.8) is 0 Å². The molecule has 2 N–H and O–H groups in total. The van der Waals surface area contributed by atoms with Crippen molar-refractivity contribution in [2.24, 2.45) is 0 Å².